The summed E-state index contributed by atoms with van der Waals surface area (Å²) in [6.07, 6.45) is 7.45. The first-order chi connectivity index (χ1) is 10.7. The van der Waals surface area contributed by atoms with Crippen LogP contribution in [0.5, 0.6) is 0 Å². The zero-order valence-electron chi connectivity index (χ0n) is 13.2. The van der Waals surface area contributed by atoms with Gasteiger partial charge in [-0.25, -0.2) is 0 Å². The summed E-state index contributed by atoms with van der Waals surface area (Å²) in [6, 6.07) is 10.0. The van der Waals surface area contributed by atoms with Gasteiger partial charge in [-0.1, -0.05) is 56.0 Å². The summed E-state index contributed by atoms with van der Waals surface area (Å²) in [5, 5.41) is 0. The monoisotopic (exact) mass is 299 g/mol. The predicted molar refractivity (Wildman–Crippen MR) is 86.2 cm³/mol. The topological polar surface area (TPSA) is 37.4 Å². The smallest absolute Gasteiger partial charge is 0.233 e. The summed E-state index contributed by atoms with van der Waals surface area (Å²) in [5.41, 5.74) is 1.13. The Hall–Kier alpha value is -1.64. The van der Waals surface area contributed by atoms with Gasteiger partial charge in [0.05, 0.1) is 5.92 Å². The Labute approximate surface area is 132 Å². The first-order valence-corrected chi connectivity index (χ1v) is 8.59. The van der Waals surface area contributed by atoms with Crippen LogP contribution in [-0.4, -0.2) is 23.1 Å². The number of nitrogens with zero attached hydrogens (tertiary/aromatic N) is 1. The van der Waals surface area contributed by atoms with Gasteiger partial charge < -0.3 is 4.90 Å². The van der Waals surface area contributed by atoms with E-state index in [1.165, 1.54) is 25.7 Å². The molecule has 1 atom stereocenters. The number of ketones is 1. The van der Waals surface area contributed by atoms with Crippen molar-refractivity contribution in [2.45, 2.75) is 51.5 Å². The third kappa shape index (κ3) is 3.57. The molecule has 0 radical (unpaired) electrons. The molecule has 3 rings (SSSR count). The fraction of sp³-hybridized carbons (Fsp3) is 0.579. The highest BCUT2D eigenvalue weighted by Crippen LogP contribution is 2.30. The van der Waals surface area contributed by atoms with Crippen molar-refractivity contribution in [1.82, 2.24) is 4.90 Å². The van der Waals surface area contributed by atoms with E-state index in [1.807, 2.05) is 35.2 Å². The minimum atomic E-state index is -0.370. The van der Waals surface area contributed by atoms with Crippen LogP contribution in [0.1, 0.15) is 50.5 Å². The third-order valence-electron chi connectivity index (χ3n) is 5.18. The normalized spacial score (nSPS) is 22.5. The van der Waals surface area contributed by atoms with Crippen LogP contribution in [0.2, 0.25) is 0 Å². The van der Waals surface area contributed by atoms with Crippen LogP contribution >= 0.6 is 0 Å². The first kappa shape index (κ1) is 15.3. The van der Waals surface area contributed by atoms with Crippen LogP contribution in [0.4, 0.5) is 0 Å². The molecular weight excluding hydrogens is 274 g/mol. The Morgan fingerprint density at radius 3 is 2.55 bits per heavy atom. The van der Waals surface area contributed by atoms with E-state index in [-0.39, 0.29) is 17.6 Å². The van der Waals surface area contributed by atoms with Crippen molar-refractivity contribution in [3.05, 3.63) is 35.9 Å². The molecule has 0 spiro atoms. The van der Waals surface area contributed by atoms with Crippen molar-refractivity contribution >= 4 is 11.7 Å². The number of hydrogen-bond donors (Lipinski definition) is 0. The van der Waals surface area contributed by atoms with Crippen LogP contribution in [0.15, 0.2) is 30.3 Å². The molecule has 1 aromatic carbocycles. The van der Waals surface area contributed by atoms with E-state index in [4.69, 9.17) is 0 Å². The molecule has 0 N–H and O–H groups in total. The highest BCUT2D eigenvalue weighted by Gasteiger charge is 2.36. The van der Waals surface area contributed by atoms with Crippen molar-refractivity contribution in [1.29, 1.82) is 0 Å². The Morgan fingerprint density at radius 2 is 1.82 bits per heavy atom. The summed E-state index contributed by atoms with van der Waals surface area (Å²) in [7, 11) is 0. The average Bonchev–Trinajstić information content (AvgIpc) is 3.17. The largest absolute Gasteiger partial charge is 0.338 e. The van der Waals surface area contributed by atoms with Crippen LogP contribution in [0, 0.1) is 11.8 Å². The van der Waals surface area contributed by atoms with Gasteiger partial charge in [-0.05, 0) is 24.3 Å². The Kier molecular flexibility index (Phi) is 4.91. The molecule has 0 unspecified atom stereocenters. The van der Waals surface area contributed by atoms with Gasteiger partial charge >= 0.3 is 0 Å². The second-order valence-electron chi connectivity index (χ2n) is 6.74. The lowest BCUT2D eigenvalue weighted by Crippen LogP contribution is -2.30. The second kappa shape index (κ2) is 7.08. The molecule has 1 aliphatic carbocycles. The number of carbonyl (C=O) groups excluding carboxylic acids is 2. The number of benzene rings is 1. The van der Waals surface area contributed by atoms with Gasteiger partial charge in [-0.15, -0.1) is 0 Å². The van der Waals surface area contributed by atoms with Crippen molar-refractivity contribution < 1.29 is 9.59 Å². The van der Waals surface area contributed by atoms with E-state index < -0.39 is 0 Å². The lowest BCUT2D eigenvalue weighted by atomic mass is 9.93. The van der Waals surface area contributed by atoms with E-state index in [2.05, 4.69) is 0 Å². The molecule has 22 heavy (non-hydrogen) atoms. The Bertz CT molecular complexity index is 519. The molecule has 1 saturated heterocycles. The summed E-state index contributed by atoms with van der Waals surface area (Å²) in [6.45, 7) is 1.35. The molecular formula is C19H25NO2. The van der Waals surface area contributed by atoms with Crippen molar-refractivity contribution in [2.75, 3.05) is 6.54 Å². The molecule has 3 nitrogen and oxygen atoms in total. The molecule has 1 saturated carbocycles. The van der Waals surface area contributed by atoms with E-state index >= 15 is 0 Å². The zero-order chi connectivity index (χ0) is 15.4. The quantitative estimate of drug-likeness (QED) is 0.753. The van der Waals surface area contributed by atoms with E-state index in [0.717, 1.165) is 17.9 Å². The number of hydrogen-bond acceptors (Lipinski definition) is 2. The van der Waals surface area contributed by atoms with Gasteiger partial charge in [0.15, 0.2) is 0 Å². The third-order valence-corrected chi connectivity index (χ3v) is 5.18. The van der Waals surface area contributed by atoms with E-state index in [1.54, 1.807) is 0 Å². The maximum atomic E-state index is 12.5. The maximum Gasteiger partial charge on any atom is 0.233 e. The average molecular weight is 299 g/mol. The number of likely N-dealkylation sites (tertiary alicyclic amines) is 1. The van der Waals surface area contributed by atoms with Gasteiger partial charge in [-0.3, -0.25) is 9.59 Å². The number of carbonyl (C=O) groups is 2. The fourth-order valence-electron chi connectivity index (χ4n) is 3.82. The van der Waals surface area contributed by atoms with Crippen LogP contribution in [0.3, 0.4) is 0 Å². The van der Waals surface area contributed by atoms with Gasteiger partial charge in [0, 0.05) is 19.5 Å². The molecule has 1 aliphatic heterocycles. The standard InChI is InChI=1S/C19H25NO2/c21-18(11-10-15-6-4-5-7-15)17-12-13-20(19(17)22)14-16-8-2-1-3-9-16/h1-3,8-9,15,17H,4-7,10-14H2/t17-/m0/s1. The van der Waals surface area contributed by atoms with Gasteiger partial charge in [-0.2, -0.15) is 0 Å². The lowest BCUT2D eigenvalue weighted by molar-refractivity contribution is -0.137. The zero-order valence-corrected chi connectivity index (χ0v) is 13.2. The highest BCUT2D eigenvalue weighted by atomic mass is 16.2. The van der Waals surface area contributed by atoms with Crippen molar-refractivity contribution in [2.24, 2.45) is 11.8 Å². The molecule has 2 fully saturated rings. The van der Waals surface area contributed by atoms with Crippen molar-refractivity contribution in [3.8, 4) is 0 Å². The lowest BCUT2D eigenvalue weighted by Gasteiger charge is -2.16. The van der Waals surface area contributed by atoms with Crippen molar-refractivity contribution in [3.63, 3.8) is 0 Å². The molecule has 2 aliphatic rings. The minimum Gasteiger partial charge on any atom is -0.338 e. The maximum absolute atomic E-state index is 12.5. The molecule has 0 bridgehead atoms. The summed E-state index contributed by atoms with van der Waals surface area (Å²) < 4.78 is 0. The first-order valence-electron chi connectivity index (χ1n) is 8.59. The molecule has 1 heterocycles. The minimum absolute atomic E-state index is 0.0419. The van der Waals surface area contributed by atoms with Crippen LogP contribution in [-0.2, 0) is 16.1 Å². The molecule has 118 valence electrons. The van der Waals surface area contributed by atoms with E-state index in [9.17, 15) is 9.59 Å². The predicted octanol–water partition coefficient (Wildman–Crippen LogP) is 3.57. The fourth-order valence-corrected chi connectivity index (χ4v) is 3.82. The number of amides is 1. The molecule has 0 aromatic heterocycles. The number of Topliss-reactive ketones (excluding diaryl/α,β-unsaturated/α-hetero) is 1. The summed E-state index contributed by atoms with van der Waals surface area (Å²) in [4.78, 5) is 26.7. The second-order valence-corrected chi connectivity index (χ2v) is 6.74. The number of rotatable bonds is 6. The molecule has 1 amide bonds. The summed E-state index contributed by atoms with van der Waals surface area (Å²) >= 11 is 0. The van der Waals surface area contributed by atoms with Crippen LogP contribution < -0.4 is 0 Å². The van der Waals surface area contributed by atoms with Crippen LogP contribution in [0.25, 0.3) is 0 Å². The molecule has 3 heteroatoms. The molecule has 1 aromatic rings. The highest BCUT2D eigenvalue weighted by molar-refractivity contribution is 6.02. The van der Waals surface area contributed by atoms with Gasteiger partial charge in [0.1, 0.15) is 5.78 Å². The Balaban J connectivity index is 1.50. The van der Waals surface area contributed by atoms with Gasteiger partial charge in [0.2, 0.25) is 5.91 Å². The Morgan fingerprint density at radius 1 is 1.09 bits per heavy atom. The van der Waals surface area contributed by atoms with E-state index in [0.29, 0.717) is 25.9 Å². The SMILES string of the molecule is O=C(CCC1CCCC1)[C@@H]1CCN(Cc2ccccc2)C1=O. The summed E-state index contributed by atoms with van der Waals surface area (Å²) in [5.74, 6) is 0.568. The van der Waals surface area contributed by atoms with Gasteiger partial charge in [0.25, 0.3) is 0 Å².